The average molecular weight is 478 g/mol. The molecule has 3 rings (SSSR count). The van der Waals surface area contributed by atoms with E-state index >= 15 is 0 Å². The van der Waals surface area contributed by atoms with Gasteiger partial charge in [-0.3, -0.25) is 9.59 Å². The molecule has 7 heteroatoms. The summed E-state index contributed by atoms with van der Waals surface area (Å²) >= 11 is 12.5. The summed E-state index contributed by atoms with van der Waals surface area (Å²) < 4.78 is 4.95. The maximum atomic E-state index is 13.8. The molecule has 0 radical (unpaired) electrons. The Hall–Kier alpha value is -2.08. The maximum Gasteiger partial charge on any atom is 0.309 e. The highest BCUT2D eigenvalue weighted by Crippen LogP contribution is 2.48. The SMILES string of the molecule is CCC(CO)N1C(=O)[C@H](C(C)C(=O)OC)CC(c2cccc(Cl)c2)[C@H]1c1ccc(Cl)cc1. The van der Waals surface area contributed by atoms with Gasteiger partial charge >= 0.3 is 5.97 Å². The standard InChI is InChI=1S/C25H29Cl2NO4/c1-4-20(14-29)28-23(16-8-10-18(26)11-9-16)22(17-6-5-7-19(27)12-17)13-21(24(28)30)15(2)25(31)32-3/h5-12,15,20-23,29H,4,13-14H2,1-3H3/t15?,20?,21-,22?,23+/m0/s1. The number of aliphatic hydroxyl groups excluding tert-OH is 1. The van der Waals surface area contributed by atoms with E-state index in [4.69, 9.17) is 27.9 Å². The summed E-state index contributed by atoms with van der Waals surface area (Å²) in [5, 5.41) is 11.4. The van der Waals surface area contributed by atoms with E-state index in [1.54, 1.807) is 24.0 Å². The first kappa shape index (κ1) is 24.6. The van der Waals surface area contributed by atoms with E-state index in [0.29, 0.717) is 22.9 Å². The number of methoxy groups -OCH3 is 1. The molecule has 2 aromatic carbocycles. The molecule has 1 aliphatic rings. The summed E-state index contributed by atoms with van der Waals surface area (Å²) in [5.74, 6) is -1.89. The smallest absolute Gasteiger partial charge is 0.309 e. The van der Waals surface area contributed by atoms with Gasteiger partial charge < -0.3 is 14.7 Å². The van der Waals surface area contributed by atoms with Crippen LogP contribution in [0.3, 0.4) is 0 Å². The number of ether oxygens (including phenoxy) is 1. The van der Waals surface area contributed by atoms with Crippen molar-refractivity contribution in [1.29, 1.82) is 0 Å². The molecule has 1 fully saturated rings. The van der Waals surface area contributed by atoms with Crippen LogP contribution in [0.2, 0.25) is 10.0 Å². The normalized spacial score (nSPS) is 23.0. The lowest BCUT2D eigenvalue weighted by Crippen LogP contribution is -2.54. The second-order valence-electron chi connectivity index (χ2n) is 8.30. The molecule has 1 saturated heterocycles. The van der Waals surface area contributed by atoms with E-state index < -0.39 is 23.8 Å². The lowest BCUT2D eigenvalue weighted by atomic mass is 9.71. The number of likely N-dealkylation sites (tertiary alicyclic amines) is 1. The predicted molar refractivity (Wildman–Crippen MR) is 126 cm³/mol. The minimum Gasteiger partial charge on any atom is -0.469 e. The van der Waals surface area contributed by atoms with Gasteiger partial charge in [-0.15, -0.1) is 0 Å². The lowest BCUT2D eigenvalue weighted by molar-refractivity contribution is -0.159. The summed E-state index contributed by atoms with van der Waals surface area (Å²) in [6.07, 6.45) is 1.04. The number of piperidine rings is 1. The van der Waals surface area contributed by atoms with Gasteiger partial charge in [0.2, 0.25) is 5.91 Å². The molecule has 5 nitrogen and oxygen atoms in total. The number of hydrogen-bond donors (Lipinski definition) is 1. The largest absolute Gasteiger partial charge is 0.469 e. The summed E-state index contributed by atoms with van der Waals surface area (Å²) in [6.45, 7) is 3.49. The molecule has 0 spiro atoms. The van der Waals surface area contributed by atoms with Crippen molar-refractivity contribution in [2.75, 3.05) is 13.7 Å². The van der Waals surface area contributed by atoms with Crippen LogP contribution >= 0.6 is 23.2 Å². The predicted octanol–water partition coefficient (Wildman–Crippen LogP) is 5.25. The van der Waals surface area contributed by atoms with Crippen molar-refractivity contribution in [3.8, 4) is 0 Å². The molecule has 0 aliphatic carbocycles. The van der Waals surface area contributed by atoms with Crippen LogP contribution in [0, 0.1) is 11.8 Å². The molecule has 1 N–H and O–H groups in total. The molecule has 0 saturated carbocycles. The van der Waals surface area contributed by atoms with Crippen LogP contribution < -0.4 is 0 Å². The number of esters is 1. The van der Waals surface area contributed by atoms with Gasteiger partial charge in [-0.1, -0.05) is 61.3 Å². The van der Waals surface area contributed by atoms with Gasteiger partial charge in [-0.25, -0.2) is 0 Å². The third-order valence-corrected chi connectivity index (χ3v) is 6.99. The van der Waals surface area contributed by atoms with E-state index in [9.17, 15) is 14.7 Å². The first-order valence-electron chi connectivity index (χ1n) is 10.8. The van der Waals surface area contributed by atoms with Crippen molar-refractivity contribution in [2.24, 2.45) is 11.8 Å². The Morgan fingerprint density at radius 2 is 1.84 bits per heavy atom. The first-order valence-corrected chi connectivity index (χ1v) is 11.6. The number of carbonyl (C=O) groups excluding carboxylic acids is 2. The van der Waals surface area contributed by atoms with Crippen LogP contribution in [-0.4, -0.2) is 41.6 Å². The molecule has 2 aromatic rings. The molecule has 1 amide bonds. The molecule has 1 aliphatic heterocycles. The topological polar surface area (TPSA) is 66.8 Å². The van der Waals surface area contributed by atoms with Gasteiger partial charge in [0.1, 0.15) is 0 Å². The lowest BCUT2D eigenvalue weighted by Gasteiger charge is -2.49. The molecule has 0 aromatic heterocycles. The average Bonchev–Trinajstić information content (AvgIpc) is 2.80. The van der Waals surface area contributed by atoms with E-state index in [2.05, 4.69) is 0 Å². The molecule has 172 valence electrons. The fourth-order valence-electron chi connectivity index (χ4n) is 4.72. The number of benzene rings is 2. The zero-order valence-corrected chi connectivity index (χ0v) is 20.0. The Bertz CT molecular complexity index is 945. The van der Waals surface area contributed by atoms with Crippen LogP contribution in [0.5, 0.6) is 0 Å². The van der Waals surface area contributed by atoms with Gasteiger partial charge in [0.05, 0.1) is 37.6 Å². The number of halogens is 2. The third-order valence-electron chi connectivity index (χ3n) is 6.50. The summed E-state index contributed by atoms with van der Waals surface area (Å²) in [6, 6.07) is 14.3. The van der Waals surface area contributed by atoms with Gasteiger partial charge in [0.25, 0.3) is 0 Å². The molecule has 0 bridgehead atoms. The van der Waals surface area contributed by atoms with Crippen LogP contribution in [0.1, 0.15) is 49.8 Å². The van der Waals surface area contributed by atoms with E-state index in [0.717, 1.165) is 11.1 Å². The third kappa shape index (κ3) is 4.95. The molecular formula is C25H29Cl2NO4. The molecule has 32 heavy (non-hydrogen) atoms. The van der Waals surface area contributed by atoms with Gasteiger partial charge in [-0.05, 0) is 48.2 Å². The number of carbonyl (C=O) groups is 2. The second-order valence-corrected chi connectivity index (χ2v) is 9.17. The Balaban J connectivity index is 2.19. The van der Waals surface area contributed by atoms with Crippen LogP contribution in [-0.2, 0) is 14.3 Å². The van der Waals surface area contributed by atoms with Crippen molar-refractivity contribution < 1.29 is 19.4 Å². The number of hydrogen-bond acceptors (Lipinski definition) is 4. The van der Waals surface area contributed by atoms with Crippen molar-refractivity contribution in [2.45, 2.75) is 44.7 Å². The monoisotopic (exact) mass is 477 g/mol. The van der Waals surface area contributed by atoms with Gasteiger partial charge in [0, 0.05) is 16.0 Å². The van der Waals surface area contributed by atoms with Crippen molar-refractivity contribution in [1.82, 2.24) is 4.90 Å². The summed E-state index contributed by atoms with van der Waals surface area (Å²) in [7, 11) is 1.33. The molecule has 5 atom stereocenters. The van der Waals surface area contributed by atoms with E-state index in [-0.39, 0.29) is 24.5 Å². The maximum absolute atomic E-state index is 13.8. The van der Waals surface area contributed by atoms with Crippen LogP contribution in [0.4, 0.5) is 0 Å². The fourth-order valence-corrected chi connectivity index (χ4v) is 5.05. The van der Waals surface area contributed by atoms with Crippen LogP contribution in [0.15, 0.2) is 48.5 Å². The fraction of sp³-hybridized carbons (Fsp3) is 0.440. The van der Waals surface area contributed by atoms with E-state index in [1.807, 2.05) is 43.3 Å². The Morgan fingerprint density at radius 1 is 1.16 bits per heavy atom. The highest BCUT2D eigenvalue weighted by atomic mass is 35.5. The Morgan fingerprint density at radius 3 is 2.41 bits per heavy atom. The molecule has 1 heterocycles. The van der Waals surface area contributed by atoms with Crippen molar-refractivity contribution >= 4 is 35.1 Å². The number of aliphatic hydroxyl groups is 1. The minimum absolute atomic E-state index is 0.134. The number of nitrogens with zero attached hydrogens (tertiary/aromatic N) is 1. The first-order chi connectivity index (χ1) is 15.3. The zero-order chi connectivity index (χ0) is 23.4. The second kappa shape index (κ2) is 10.7. The molecular weight excluding hydrogens is 449 g/mol. The summed E-state index contributed by atoms with van der Waals surface area (Å²) in [5.41, 5.74) is 1.90. The van der Waals surface area contributed by atoms with Gasteiger partial charge in [-0.2, -0.15) is 0 Å². The van der Waals surface area contributed by atoms with E-state index in [1.165, 1.54) is 7.11 Å². The Kier molecular flexibility index (Phi) is 8.21. The highest BCUT2D eigenvalue weighted by Gasteiger charge is 2.48. The van der Waals surface area contributed by atoms with Crippen molar-refractivity contribution in [3.05, 3.63) is 69.7 Å². The minimum atomic E-state index is -0.612. The van der Waals surface area contributed by atoms with Gasteiger partial charge in [0.15, 0.2) is 0 Å². The summed E-state index contributed by atoms with van der Waals surface area (Å²) in [4.78, 5) is 27.9. The zero-order valence-electron chi connectivity index (χ0n) is 18.5. The highest BCUT2D eigenvalue weighted by molar-refractivity contribution is 6.30. The number of amides is 1. The number of rotatable bonds is 7. The quantitative estimate of drug-likeness (QED) is 0.553. The van der Waals surface area contributed by atoms with Crippen LogP contribution in [0.25, 0.3) is 0 Å². The van der Waals surface area contributed by atoms with Crippen molar-refractivity contribution in [3.63, 3.8) is 0 Å². The Labute approximate surface area is 199 Å². The molecule has 3 unspecified atom stereocenters.